The van der Waals surface area contributed by atoms with E-state index in [1.165, 1.54) is 25.7 Å². The summed E-state index contributed by atoms with van der Waals surface area (Å²) in [6.45, 7) is 4.88. The topological polar surface area (TPSA) is 105 Å². The fourth-order valence-corrected chi connectivity index (χ4v) is 3.20. The molecule has 0 aromatic rings. The Morgan fingerprint density at radius 3 is 1.55 bits per heavy atom. The lowest BCUT2D eigenvalue weighted by atomic mass is 10.1. The van der Waals surface area contributed by atoms with Gasteiger partial charge < -0.3 is 19.9 Å². The molecule has 0 aromatic carbocycles. The molecule has 0 aromatic heterocycles. The highest BCUT2D eigenvalue weighted by Crippen LogP contribution is 2.14. The molecule has 0 atom stereocenters. The Bertz CT molecular complexity index is 531. The molecule has 0 aliphatic carbocycles. The van der Waals surface area contributed by atoms with E-state index in [0.717, 1.165) is 25.7 Å². The van der Waals surface area contributed by atoms with Crippen molar-refractivity contribution >= 4 is 18.0 Å². The Hall–Kier alpha value is -2.31. The van der Waals surface area contributed by atoms with Crippen LogP contribution >= 0.6 is 0 Å². The molecule has 0 fully saturated rings. The van der Waals surface area contributed by atoms with Crippen molar-refractivity contribution in [2.45, 2.75) is 110 Å². The third-order valence-electron chi connectivity index (χ3n) is 5.06. The Morgan fingerprint density at radius 2 is 1.15 bits per heavy atom. The molecule has 2 N–H and O–H groups in total. The SMILES string of the molecule is CCCCC/C=C\COC(=O)CCCC(CCCC(=O)OC/C=C\CCCCC)OC(N)=O. The fraction of sp³-hybridized carbons (Fsp3) is 0.731. The first-order valence-electron chi connectivity index (χ1n) is 12.6. The third-order valence-corrected chi connectivity index (χ3v) is 5.06. The van der Waals surface area contributed by atoms with Crippen molar-refractivity contribution in [2.24, 2.45) is 5.73 Å². The zero-order valence-corrected chi connectivity index (χ0v) is 20.7. The van der Waals surface area contributed by atoms with Crippen LogP contribution in [0.15, 0.2) is 24.3 Å². The average molecular weight is 468 g/mol. The number of hydrogen-bond acceptors (Lipinski definition) is 6. The molecule has 0 saturated heterocycles. The maximum atomic E-state index is 11.8. The molecule has 0 aliphatic rings. The van der Waals surface area contributed by atoms with Crippen molar-refractivity contribution in [3.8, 4) is 0 Å². The summed E-state index contributed by atoms with van der Waals surface area (Å²) < 4.78 is 15.5. The summed E-state index contributed by atoms with van der Waals surface area (Å²) in [7, 11) is 0. The van der Waals surface area contributed by atoms with Crippen molar-refractivity contribution in [3.05, 3.63) is 24.3 Å². The van der Waals surface area contributed by atoms with Gasteiger partial charge in [-0.05, 0) is 51.4 Å². The van der Waals surface area contributed by atoms with E-state index in [1.807, 2.05) is 24.3 Å². The van der Waals surface area contributed by atoms with Crippen molar-refractivity contribution in [1.29, 1.82) is 0 Å². The van der Waals surface area contributed by atoms with Crippen LogP contribution in [-0.4, -0.2) is 37.3 Å². The molecule has 190 valence electrons. The van der Waals surface area contributed by atoms with E-state index < -0.39 is 12.2 Å². The van der Waals surface area contributed by atoms with Gasteiger partial charge >= 0.3 is 18.0 Å². The van der Waals surface area contributed by atoms with Crippen LogP contribution in [-0.2, 0) is 23.8 Å². The predicted molar refractivity (Wildman–Crippen MR) is 131 cm³/mol. The number of unbranched alkanes of at least 4 members (excludes halogenated alkanes) is 6. The molecule has 7 nitrogen and oxygen atoms in total. The largest absolute Gasteiger partial charge is 0.461 e. The molecule has 0 saturated carbocycles. The molecule has 1 amide bonds. The molecule has 0 heterocycles. The van der Waals surface area contributed by atoms with Gasteiger partial charge in [0.2, 0.25) is 0 Å². The lowest BCUT2D eigenvalue weighted by Crippen LogP contribution is -2.23. The van der Waals surface area contributed by atoms with Gasteiger partial charge in [-0.3, -0.25) is 9.59 Å². The van der Waals surface area contributed by atoms with Gasteiger partial charge in [-0.1, -0.05) is 63.8 Å². The van der Waals surface area contributed by atoms with Gasteiger partial charge in [0.15, 0.2) is 0 Å². The second kappa shape index (κ2) is 22.9. The monoisotopic (exact) mass is 467 g/mol. The number of amides is 1. The molecule has 0 bridgehead atoms. The van der Waals surface area contributed by atoms with Gasteiger partial charge in [0, 0.05) is 12.8 Å². The molecule has 33 heavy (non-hydrogen) atoms. The first-order chi connectivity index (χ1) is 16.0. The maximum Gasteiger partial charge on any atom is 0.404 e. The van der Waals surface area contributed by atoms with E-state index in [9.17, 15) is 14.4 Å². The third kappa shape index (κ3) is 22.7. The molecule has 0 rings (SSSR count). The van der Waals surface area contributed by atoms with E-state index in [4.69, 9.17) is 19.9 Å². The number of hydrogen-bond donors (Lipinski definition) is 1. The number of ether oxygens (including phenoxy) is 3. The Morgan fingerprint density at radius 1 is 0.697 bits per heavy atom. The van der Waals surface area contributed by atoms with Crippen molar-refractivity contribution in [1.82, 2.24) is 0 Å². The quantitative estimate of drug-likeness (QED) is 0.0939. The summed E-state index contributed by atoms with van der Waals surface area (Å²) in [4.78, 5) is 34.8. The smallest absolute Gasteiger partial charge is 0.404 e. The number of primary amides is 1. The van der Waals surface area contributed by atoms with Gasteiger partial charge in [0.25, 0.3) is 0 Å². The lowest BCUT2D eigenvalue weighted by Gasteiger charge is -2.16. The van der Waals surface area contributed by atoms with Crippen LogP contribution in [0.2, 0.25) is 0 Å². The summed E-state index contributed by atoms with van der Waals surface area (Å²) in [5.74, 6) is -0.560. The molecule has 0 radical (unpaired) electrons. The Balaban J connectivity index is 3.98. The number of nitrogens with two attached hydrogens (primary N) is 1. The summed E-state index contributed by atoms with van der Waals surface area (Å²) in [6.07, 6.45) is 18.1. The number of esters is 2. The zero-order chi connectivity index (χ0) is 24.6. The van der Waals surface area contributed by atoms with Crippen LogP contribution in [0, 0.1) is 0 Å². The predicted octanol–water partition coefficient (Wildman–Crippen LogP) is 6.15. The maximum absolute atomic E-state index is 11.8. The number of allylic oxidation sites excluding steroid dienone is 2. The minimum atomic E-state index is -0.855. The van der Waals surface area contributed by atoms with E-state index in [1.54, 1.807) is 0 Å². The first kappa shape index (κ1) is 30.7. The summed E-state index contributed by atoms with van der Waals surface area (Å²) in [5.41, 5.74) is 5.15. The molecule has 0 aliphatic heterocycles. The highest BCUT2D eigenvalue weighted by atomic mass is 16.6. The molecule has 0 unspecified atom stereocenters. The number of carbonyl (C=O) groups excluding carboxylic acids is 3. The summed E-state index contributed by atoms with van der Waals surface area (Å²) in [6, 6.07) is 0. The molecular formula is C26H45NO6. The van der Waals surface area contributed by atoms with Gasteiger partial charge in [0.1, 0.15) is 19.3 Å². The fourth-order valence-electron chi connectivity index (χ4n) is 3.20. The highest BCUT2D eigenvalue weighted by Gasteiger charge is 2.15. The summed E-state index contributed by atoms with van der Waals surface area (Å²) in [5, 5.41) is 0. The Kier molecular flexibility index (Phi) is 21.3. The number of rotatable bonds is 21. The minimum Gasteiger partial charge on any atom is -0.461 e. The van der Waals surface area contributed by atoms with Crippen LogP contribution in [0.5, 0.6) is 0 Å². The van der Waals surface area contributed by atoms with Gasteiger partial charge in [-0.25, -0.2) is 4.79 Å². The van der Waals surface area contributed by atoms with Crippen molar-refractivity contribution in [2.75, 3.05) is 13.2 Å². The Labute approximate surface area is 200 Å². The standard InChI is InChI=1S/C26H45NO6/c1-3-5-7-9-11-13-21-31-24(28)19-15-17-23(33-26(27)30)18-16-20-25(29)32-22-14-12-10-8-6-4-2/h11-14,23H,3-10,15-22H2,1-2H3,(H2,27,30)/b13-11-,14-12-. The first-order valence-corrected chi connectivity index (χ1v) is 12.6. The van der Waals surface area contributed by atoms with Crippen molar-refractivity contribution < 1.29 is 28.6 Å². The van der Waals surface area contributed by atoms with Crippen LogP contribution in [0.3, 0.4) is 0 Å². The van der Waals surface area contributed by atoms with E-state index in [2.05, 4.69) is 13.8 Å². The molecule has 7 heteroatoms. The van der Waals surface area contributed by atoms with Gasteiger partial charge in [-0.15, -0.1) is 0 Å². The van der Waals surface area contributed by atoms with Crippen LogP contribution < -0.4 is 5.73 Å². The normalized spacial score (nSPS) is 11.4. The van der Waals surface area contributed by atoms with E-state index in [-0.39, 0.29) is 38.0 Å². The van der Waals surface area contributed by atoms with Crippen LogP contribution in [0.25, 0.3) is 0 Å². The number of carbonyl (C=O) groups is 3. The van der Waals surface area contributed by atoms with E-state index >= 15 is 0 Å². The van der Waals surface area contributed by atoms with Gasteiger partial charge in [-0.2, -0.15) is 0 Å². The summed E-state index contributed by atoms with van der Waals surface area (Å²) >= 11 is 0. The zero-order valence-electron chi connectivity index (χ0n) is 20.7. The highest BCUT2D eigenvalue weighted by molar-refractivity contribution is 5.69. The minimum absolute atomic E-state index is 0.245. The second-order valence-corrected chi connectivity index (χ2v) is 8.14. The lowest BCUT2D eigenvalue weighted by molar-refractivity contribution is -0.143. The van der Waals surface area contributed by atoms with Crippen LogP contribution in [0.1, 0.15) is 104 Å². The molecular weight excluding hydrogens is 422 g/mol. The molecule has 0 spiro atoms. The van der Waals surface area contributed by atoms with Gasteiger partial charge in [0.05, 0.1) is 0 Å². The van der Waals surface area contributed by atoms with Crippen LogP contribution in [0.4, 0.5) is 4.79 Å². The van der Waals surface area contributed by atoms with E-state index in [0.29, 0.717) is 25.7 Å². The van der Waals surface area contributed by atoms with Crippen molar-refractivity contribution in [3.63, 3.8) is 0 Å². The second-order valence-electron chi connectivity index (χ2n) is 8.14. The average Bonchev–Trinajstić information content (AvgIpc) is 2.77.